The summed E-state index contributed by atoms with van der Waals surface area (Å²) in [5, 5.41) is 15.1. The predicted octanol–water partition coefficient (Wildman–Crippen LogP) is 3.92. The number of carbonyl (C=O) groups is 2. The number of aromatic carboxylic acids is 1. The smallest absolute Gasteiger partial charge is 0.335 e. The van der Waals surface area contributed by atoms with Gasteiger partial charge in [-0.1, -0.05) is 54.6 Å². The van der Waals surface area contributed by atoms with Gasteiger partial charge in [0.15, 0.2) is 0 Å². The maximum Gasteiger partial charge on any atom is 0.335 e. The highest BCUT2D eigenvalue weighted by Crippen LogP contribution is 2.19. The summed E-state index contributed by atoms with van der Waals surface area (Å²) in [5.41, 5.74) is 4.57. The van der Waals surface area contributed by atoms with Crippen LogP contribution in [0.15, 0.2) is 71.8 Å². The molecule has 5 nitrogen and oxygen atoms in total. The van der Waals surface area contributed by atoms with E-state index in [9.17, 15) is 9.59 Å². The molecule has 0 saturated heterocycles. The molecule has 0 spiro atoms. The number of carboxylic acids is 1. The van der Waals surface area contributed by atoms with Gasteiger partial charge in [0.05, 0.1) is 17.5 Å². The van der Waals surface area contributed by atoms with Gasteiger partial charge in [0.1, 0.15) is 0 Å². The number of hydrogen-bond donors (Lipinski definition) is 2. The molecular weight excluding hydrogens is 360 g/mol. The van der Waals surface area contributed by atoms with Crippen molar-refractivity contribution < 1.29 is 14.7 Å². The number of benzene rings is 3. The Morgan fingerprint density at radius 3 is 2.48 bits per heavy atom. The minimum atomic E-state index is -0.977. The largest absolute Gasteiger partial charge is 0.478 e. The first kappa shape index (κ1) is 18.7. The van der Waals surface area contributed by atoms with E-state index >= 15 is 0 Å². The maximum atomic E-state index is 11.9. The fourth-order valence-corrected chi connectivity index (χ4v) is 3.28. The van der Waals surface area contributed by atoms with E-state index in [0.717, 1.165) is 5.75 Å². The van der Waals surface area contributed by atoms with Crippen LogP contribution in [0.4, 0.5) is 0 Å². The highest BCUT2D eigenvalue weighted by Gasteiger charge is 2.03. The average Bonchev–Trinajstić information content (AvgIpc) is 2.68. The number of carbonyl (C=O) groups excluding carboxylic acids is 1. The molecule has 0 aliphatic heterocycles. The number of rotatable bonds is 7. The fourth-order valence-electron chi connectivity index (χ4n) is 2.51. The van der Waals surface area contributed by atoms with E-state index < -0.39 is 5.97 Å². The minimum absolute atomic E-state index is 0.181. The van der Waals surface area contributed by atoms with Crippen molar-refractivity contribution in [3.05, 3.63) is 83.4 Å². The highest BCUT2D eigenvalue weighted by molar-refractivity contribution is 7.99. The Hall–Kier alpha value is -3.12. The highest BCUT2D eigenvalue weighted by atomic mass is 32.2. The van der Waals surface area contributed by atoms with Crippen molar-refractivity contribution >= 4 is 40.6 Å². The van der Waals surface area contributed by atoms with Gasteiger partial charge in [-0.05, 0) is 34.0 Å². The van der Waals surface area contributed by atoms with Crippen LogP contribution in [0.25, 0.3) is 10.8 Å². The molecule has 0 aromatic heterocycles. The molecule has 0 saturated carbocycles. The summed E-state index contributed by atoms with van der Waals surface area (Å²) in [7, 11) is 0. The Labute approximate surface area is 161 Å². The molecule has 0 aliphatic rings. The summed E-state index contributed by atoms with van der Waals surface area (Å²) < 4.78 is 0. The molecule has 0 heterocycles. The second-order valence-electron chi connectivity index (χ2n) is 5.89. The molecule has 3 aromatic rings. The van der Waals surface area contributed by atoms with Crippen LogP contribution in [-0.4, -0.2) is 29.0 Å². The molecule has 0 fully saturated rings. The van der Waals surface area contributed by atoms with E-state index in [4.69, 9.17) is 5.11 Å². The summed E-state index contributed by atoms with van der Waals surface area (Å²) in [6.07, 6.45) is 1.48. The van der Waals surface area contributed by atoms with E-state index in [2.05, 4.69) is 40.9 Å². The van der Waals surface area contributed by atoms with Gasteiger partial charge in [-0.3, -0.25) is 4.79 Å². The van der Waals surface area contributed by atoms with Gasteiger partial charge in [-0.25, -0.2) is 10.2 Å². The molecule has 6 heteroatoms. The van der Waals surface area contributed by atoms with Gasteiger partial charge in [0.2, 0.25) is 5.91 Å². The molecule has 0 bridgehead atoms. The molecule has 0 unspecified atom stereocenters. The Morgan fingerprint density at radius 2 is 1.74 bits per heavy atom. The first-order chi connectivity index (χ1) is 13.1. The quantitative estimate of drug-likeness (QED) is 0.482. The molecule has 3 aromatic carbocycles. The van der Waals surface area contributed by atoms with Crippen molar-refractivity contribution in [2.75, 3.05) is 5.75 Å². The first-order valence-corrected chi connectivity index (χ1v) is 9.48. The molecule has 0 atom stereocenters. The van der Waals surface area contributed by atoms with E-state index in [-0.39, 0.29) is 11.5 Å². The normalized spacial score (nSPS) is 11.0. The number of hydrogen-bond acceptors (Lipinski definition) is 4. The van der Waals surface area contributed by atoms with Crippen molar-refractivity contribution in [1.82, 2.24) is 5.43 Å². The van der Waals surface area contributed by atoms with Crippen molar-refractivity contribution in [1.29, 1.82) is 0 Å². The Kier molecular flexibility index (Phi) is 6.22. The number of amides is 1. The van der Waals surface area contributed by atoms with Crippen molar-refractivity contribution in [2.24, 2.45) is 5.10 Å². The number of nitrogens with zero attached hydrogens (tertiary/aromatic N) is 1. The zero-order chi connectivity index (χ0) is 19.1. The third-order valence-electron chi connectivity index (χ3n) is 3.88. The van der Waals surface area contributed by atoms with Crippen LogP contribution in [0.2, 0.25) is 0 Å². The van der Waals surface area contributed by atoms with Gasteiger partial charge in [0.25, 0.3) is 0 Å². The standard InChI is InChI=1S/C21H18N2O3S/c24-20(23-22-12-15-5-9-18(10-6-15)21(25)26)14-27-13-16-7-8-17-3-1-2-4-19(17)11-16/h1-12H,13-14H2,(H,23,24)(H,25,26)/b22-12-. The number of nitrogens with one attached hydrogen (secondary N) is 1. The third kappa shape index (κ3) is 5.43. The third-order valence-corrected chi connectivity index (χ3v) is 4.88. The summed E-state index contributed by atoms with van der Waals surface area (Å²) in [6.45, 7) is 0. The second-order valence-corrected chi connectivity index (χ2v) is 6.88. The molecule has 3 rings (SSSR count). The lowest BCUT2D eigenvalue weighted by atomic mass is 10.1. The van der Waals surface area contributed by atoms with Crippen molar-refractivity contribution in [2.45, 2.75) is 5.75 Å². The number of hydrazone groups is 1. The predicted molar refractivity (Wildman–Crippen MR) is 109 cm³/mol. The minimum Gasteiger partial charge on any atom is -0.478 e. The van der Waals surface area contributed by atoms with Gasteiger partial charge >= 0.3 is 5.97 Å². The lowest BCUT2D eigenvalue weighted by Crippen LogP contribution is -2.19. The monoisotopic (exact) mass is 378 g/mol. The molecule has 2 N–H and O–H groups in total. The second kappa shape index (κ2) is 9.00. The summed E-state index contributed by atoms with van der Waals surface area (Å²) in [5.74, 6) is -0.102. The maximum absolute atomic E-state index is 11.9. The van der Waals surface area contributed by atoms with Crippen LogP contribution < -0.4 is 5.43 Å². The Balaban J connectivity index is 1.44. The molecular formula is C21H18N2O3S. The SMILES string of the molecule is O=C(CSCc1ccc2ccccc2c1)N/N=C\c1ccc(C(=O)O)cc1. The fraction of sp³-hybridized carbons (Fsp3) is 0.0952. The van der Waals surface area contributed by atoms with E-state index in [0.29, 0.717) is 11.3 Å². The summed E-state index contributed by atoms with van der Waals surface area (Å²) >= 11 is 1.52. The van der Waals surface area contributed by atoms with Crippen LogP contribution in [0.1, 0.15) is 21.5 Å². The van der Waals surface area contributed by atoms with Crippen molar-refractivity contribution in [3.63, 3.8) is 0 Å². The van der Waals surface area contributed by atoms with Crippen LogP contribution >= 0.6 is 11.8 Å². The Morgan fingerprint density at radius 1 is 1.00 bits per heavy atom. The lowest BCUT2D eigenvalue weighted by Gasteiger charge is -2.04. The molecule has 27 heavy (non-hydrogen) atoms. The van der Waals surface area contributed by atoms with Crippen LogP contribution in [-0.2, 0) is 10.5 Å². The summed E-state index contributed by atoms with van der Waals surface area (Å²) in [6, 6.07) is 20.7. The summed E-state index contributed by atoms with van der Waals surface area (Å²) in [4.78, 5) is 22.6. The topological polar surface area (TPSA) is 78.8 Å². The van der Waals surface area contributed by atoms with Crippen LogP contribution in [0, 0.1) is 0 Å². The van der Waals surface area contributed by atoms with Gasteiger partial charge in [-0.2, -0.15) is 5.10 Å². The zero-order valence-electron chi connectivity index (χ0n) is 14.5. The van der Waals surface area contributed by atoms with Crippen LogP contribution in [0.5, 0.6) is 0 Å². The van der Waals surface area contributed by atoms with E-state index in [1.165, 1.54) is 46.4 Å². The molecule has 0 radical (unpaired) electrons. The number of thioether (sulfide) groups is 1. The molecule has 136 valence electrons. The Bertz CT molecular complexity index is 984. The lowest BCUT2D eigenvalue weighted by molar-refractivity contribution is -0.118. The van der Waals surface area contributed by atoms with E-state index in [1.54, 1.807) is 12.1 Å². The molecule has 0 aliphatic carbocycles. The number of carboxylic acid groups (broad SMARTS) is 1. The first-order valence-electron chi connectivity index (χ1n) is 8.32. The van der Waals surface area contributed by atoms with Gasteiger partial charge < -0.3 is 5.11 Å². The number of fused-ring (bicyclic) bond motifs is 1. The molecule has 1 amide bonds. The van der Waals surface area contributed by atoms with Crippen LogP contribution in [0.3, 0.4) is 0 Å². The van der Waals surface area contributed by atoms with E-state index in [1.807, 2.05) is 12.1 Å². The van der Waals surface area contributed by atoms with Gasteiger partial charge in [-0.15, -0.1) is 11.8 Å². The average molecular weight is 378 g/mol. The van der Waals surface area contributed by atoms with Crippen molar-refractivity contribution in [3.8, 4) is 0 Å². The zero-order valence-corrected chi connectivity index (χ0v) is 15.3. The van der Waals surface area contributed by atoms with Gasteiger partial charge in [0, 0.05) is 5.75 Å².